The van der Waals surface area contributed by atoms with Crippen molar-refractivity contribution in [2.45, 2.75) is 19.1 Å². The van der Waals surface area contributed by atoms with Gasteiger partial charge in [-0.3, -0.25) is 9.59 Å². The van der Waals surface area contributed by atoms with E-state index in [0.717, 1.165) is 10.0 Å². The van der Waals surface area contributed by atoms with E-state index in [1.807, 2.05) is 24.3 Å². The first-order valence-electron chi connectivity index (χ1n) is 8.80. The average molecular weight is 431 g/mol. The molecule has 140 valence electrons. The monoisotopic (exact) mass is 430 g/mol. The van der Waals surface area contributed by atoms with Gasteiger partial charge in [0.2, 0.25) is 0 Å². The topological polar surface area (TPSA) is 67.9 Å². The van der Waals surface area contributed by atoms with Gasteiger partial charge in [-0.05, 0) is 36.8 Å². The van der Waals surface area contributed by atoms with Gasteiger partial charge in [0, 0.05) is 11.0 Å². The minimum Gasteiger partial charge on any atom is -0.478 e. The van der Waals surface area contributed by atoms with E-state index in [-0.39, 0.29) is 17.9 Å². The van der Waals surface area contributed by atoms with Crippen LogP contribution < -0.4 is 10.1 Å². The predicted octanol–water partition coefficient (Wildman–Crippen LogP) is 3.38. The van der Waals surface area contributed by atoms with Crippen LogP contribution in [0.3, 0.4) is 0 Å². The van der Waals surface area contributed by atoms with Crippen molar-refractivity contribution in [1.82, 2.24) is 4.90 Å². The summed E-state index contributed by atoms with van der Waals surface area (Å²) in [4.78, 5) is 26.7. The molecule has 6 nitrogen and oxygen atoms in total. The maximum atomic E-state index is 13.2. The lowest BCUT2D eigenvalue weighted by Crippen LogP contribution is -2.43. The molecule has 2 unspecified atom stereocenters. The lowest BCUT2D eigenvalue weighted by atomic mass is 10.1. The number of halogens is 1. The van der Waals surface area contributed by atoms with Crippen molar-refractivity contribution in [2.75, 3.05) is 25.0 Å². The van der Waals surface area contributed by atoms with Crippen LogP contribution in [0.15, 0.2) is 46.9 Å². The third kappa shape index (κ3) is 3.57. The molecule has 27 heavy (non-hydrogen) atoms. The summed E-state index contributed by atoms with van der Waals surface area (Å²) >= 11 is 3.43. The fourth-order valence-corrected chi connectivity index (χ4v) is 3.54. The molecule has 2 heterocycles. The summed E-state index contributed by atoms with van der Waals surface area (Å²) in [6.45, 7) is 3.11. The van der Waals surface area contributed by atoms with Crippen LogP contribution in [0, 0.1) is 0 Å². The van der Waals surface area contributed by atoms with Crippen molar-refractivity contribution in [3.05, 3.63) is 58.1 Å². The number of carbonyl (C=O) groups excluding carboxylic acids is 2. The molecule has 0 spiro atoms. The summed E-state index contributed by atoms with van der Waals surface area (Å²) < 4.78 is 12.6. The van der Waals surface area contributed by atoms with Crippen LogP contribution in [0.25, 0.3) is 0 Å². The highest BCUT2D eigenvalue weighted by Crippen LogP contribution is 2.35. The van der Waals surface area contributed by atoms with E-state index in [1.54, 1.807) is 30.0 Å². The van der Waals surface area contributed by atoms with E-state index >= 15 is 0 Å². The number of rotatable bonds is 2. The number of amides is 2. The number of anilines is 1. The van der Waals surface area contributed by atoms with Gasteiger partial charge in [-0.15, -0.1) is 0 Å². The number of benzene rings is 2. The van der Waals surface area contributed by atoms with Crippen molar-refractivity contribution < 1.29 is 19.1 Å². The lowest BCUT2D eigenvalue weighted by Gasteiger charge is -2.34. The highest BCUT2D eigenvalue weighted by molar-refractivity contribution is 9.10. The molecule has 2 aromatic rings. The Morgan fingerprint density at radius 2 is 2.00 bits per heavy atom. The largest absolute Gasteiger partial charge is 0.478 e. The molecular formula is C20H19BrN2O4. The Labute approximate surface area is 165 Å². The highest BCUT2D eigenvalue weighted by Gasteiger charge is 2.31. The molecule has 1 saturated heterocycles. The van der Waals surface area contributed by atoms with Gasteiger partial charge in [0.15, 0.2) is 11.9 Å². The Morgan fingerprint density at radius 3 is 2.78 bits per heavy atom. The summed E-state index contributed by atoms with van der Waals surface area (Å²) in [5, 5.41) is 2.78. The second-order valence-corrected chi connectivity index (χ2v) is 7.51. The number of ether oxygens (including phenoxy) is 2. The van der Waals surface area contributed by atoms with E-state index in [2.05, 4.69) is 21.2 Å². The van der Waals surface area contributed by atoms with Crippen LogP contribution in [-0.4, -0.2) is 42.5 Å². The Bertz CT molecular complexity index is 884. The molecular weight excluding hydrogens is 412 g/mol. The second kappa shape index (κ2) is 7.32. The van der Waals surface area contributed by atoms with Crippen LogP contribution in [0.1, 0.15) is 28.9 Å². The average Bonchev–Trinajstić information content (AvgIpc) is 2.68. The molecule has 1 N–H and O–H groups in total. The zero-order chi connectivity index (χ0) is 19.0. The molecule has 0 saturated carbocycles. The molecule has 2 atom stereocenters. The number of fused-ring (bicyclic) bond motifs is 1. The lowest BCUT2D eigenvalue weighted by molar-refractivity contribution is -0.122. The zero-order valence-electron chi connectivity index (χ0n) is 14.8. The standard InChI is InChI=1S/C20H19BrN2O4/c1-12-19(24)22-16-4-2-3-15(18(16)27-12)20(25)23-9-10-26-17(11-23)13-5-7-14(21)8-6-13/h2-8,12,17H,9-11H2,1H3,(H,22,24). The summed E-state index contributed by atoms with van der Waals surface area (Å²) in [7, 11) is 0. The number of para-hydroxylation sites is 1. The van der Waals surface area contributed by atoms with Gasteiger partial charge in [-0.1, -0.05) is 34.1 Å². The van der Waals surface area contributed by atoms with Crippen molar-refractivity contribution in [3.63, 3.8) is 0 Å². The fourth-order valence-electron chi connectivity index (χ4n) is 3.28. The normalized spacial score (nSPS) is 21.9. The molecule has 2 aliphatic rings. The maximum absolute atomic E-state index is 13.2. The Kier molecular flexibility index (Phi) is 4.88. The molecule has 2 amide bonds. The summed E-state index contributed by atoms with van der Waals surface area (Å²) in [5.41, 5.74) is 2.01. The molecule has 7 heteroatoms. The van der Waals surface area contributed by atoms with E-state index in [9.17, 15) is 9.59 Å². The minimum atomic E-state index is -0.633. The summed E-state index contributed by atoms with van der Waals surface area (Å²) in [6.07, 6.45) is -0.804. The molecule has 2 aromatic carbocycles. The minimum absolute atomic E-state index is 0.124. The number of nitrogens with one attached hydrogen (secondary N) is 1. The van der Waals surface area contributed by atoms with Gasteiger partial charge in [0.05, 0.1) is 24.4 Å². The fraction of sp³-hybridized carbons (Fsp3) is 0.300. The molecule has 0 aromatic heterocycles. The van der Waals surface area contributed by atoms with Gasteiger partial charge in [0.1, 0.15) is 6.10 Å². The van der Waals surface area contributed by atoms with E-state index in [0.29, 0.717) is 36.7 Å². The number of morpholine rings is 1. The first-order valence-corrected chi connectivity index (χ1v) is 9.59. The quantitative estimate of drug-likeness (QED) is 0.792. The van der Waals surface area contributed by atoms with Crippen molar-refractivity contribution >= 4 is 33.4 Å². The highest BCUT2D eigenvalue weighted by atomic mass is 79.9. The third-order valence-electron chi connectivity index (χ3n) is 4.76. The number of carbonyl (C=O) groups is 2. The van der Waals surface area contributed by atoms with Crippen molar-refractivity contribution in [3.8, 4) is 5.75 Å². The Balaban J connectivity index is 1.57. The number of nitrogens with zero attached hydrogens (tertiary/aromatic N) is 1. The summed E-state index contributed by atoms with van der Waals surface area (Å²) in [6, 6.07) is 13.1. The van der Waals surface area contributed by atoms with Gasteiger partial charge < -0.3 is 19.7 Å². The molecule has 0 radical (unpaired) electrons. The maximum Gasteiger partial charge on any atom is 0.265 e. The van der Waals surface area contributed by atoms with E-state index in [1.165, 1.54) is 0 Å². The van der Waals surface area contributed by atoms with E-state index in [4.69, 9.17) is 9.47 Å². The second-order valence-electron chi connectivity index (χ2n) is 6.59. The van der Waals surface area contributed by atoms with Crippen LogP contribution in [0.4, 0.5) is 5.69 Å². The van der Waals surface area contributed by atoms with Crippen LogP contribution in [-0.2, 0) is 9.53 Å². The molecule has 0 bridgehead atoms. The molecule has 2 aliphatic heterocycles. The Hall–Kier alpha value is -2.38. The SMILES string of the molecule is CC1Oc2c(cccc2C(=O)N2CCOC(c3ccc(Br)cc3)C2)NC1=O. The molecule has 1 fully saturated rings. The van der Waals surface area contributed by atoms with Gasteiger partial charge in [-0.2, -0.15) is 0 Å². The smallest absolute Gasteiger partial charge is 0.265 e. The van der Waals surface area contributed by atoms with Crippen LogP contribution in [0.5, 0.6) is 5.75 Å². The number of hydrogen-bond acceptors (Lipinski definition) is 4. The van der Waals surface area contributed by atoms with Gasteiger partial charge in [-0.25, -0.2) is 0 Å². The predicted molar refractivity (Wildman–Crippen MR) is 104 cm³/mol. The summed E-state index contributed by atoms with van der Waals surface area (Å²) in [5.74, 6) is 0.0932. The van der Waals surface area contributed by atoms with Crippen LogP contribution in [0.2, 0.25) is 0 Å². The molecule has 4 rings (SSSR count). The van der Waals surface area contributed by atoms with E-state index < -0.39 is 6.10 Å². The first-order chi connectivity index (χ1) is 13.0. The molecule has 0 aliphatic carbocycles. The van der Waals surface area contributed by atoms with Gasteiger partial charge >= 0.3 is 0 Å². The first kappa shape index (κ1) is 18.0. The Morgan fingerprint density at radius 1 is 1.22 bits per heavy atom. The van der Waals surface area contributed by atoms with Crippen molar-refractivity contribution in [2.24, 2.45) is 0 Å². The van der Waals surface area contributed by atoms with Crippen LogP contribution >= 0.6 is 15.9 Å². The number of hydrogen-bond donors (Lipinski definition) is 1. The zero-order valence-corrected chi connectivity index (χ0v) is 16.4. The van der Waals surface area contributed by atoms with Crippen molar-refractivity contribution in [1.29, 1.82) is 0 Å². The van der Waals surface area contributed by atoms with Gasteiger partial charge in [0.25, 0.3) is 11.8 Å². The third-order valence-corrected chi connectivity index (χ3v) is 5.29.